The summed E-state index contributed by atoms with van der Waals surface area (Å²) in [5.41, 5.74) is 1.09. The molecular formula is C15H23NO2. The minimum atomic E-state index is -0.0792. The number of hydrogen-bond acceptors (Lipinski definition) is 2. The van der Waals surface area contributed by atoms with E-state index < -0.39 is 0 Å². The van der Waals surface area contributed by atoms with Gasteiger partial charge in [0.15, 0.2) is 0 Å². The Morgan fingerprint density at radius 1 is 1.22 bits per heavy atom. The van der Waals surface area contributed by atoms with Crippen molar-refractivity contribution in [3.63, 3.8) is 0 Å². The molecule has 0 saturated heterocycles. The summed E-state index contributed by atoms with van der Waals surface area (Å²) in [6.07, 6.45) is 1.68. The first kappa shape index (κ1) is 14.7. The second-order valence-electron chi connectivity index (χ2n) is 4.39. The van der Waals surface area contributed by atoms with E-state index in [0.29, 0.717) is 6.54 Å². The van der Waals surface area contributed by atoms with Gasteiger partial charge in [0.25, 0.3) is 0 Å². The monoisotopic (exact) mass is 249 g/mol. The van der Waals surface area contributed by atoms with Crippen LogP contribution in [0.1, 0.15) is 38.4 Å². The van der Waals surface area contributed by atoms with Gasteiger partial charge in [0.05, 0.1) is 6.10 Å². The zero-order valence-electron chi connectivity index (χ0n) is 11.5. The fraction of sp³-hybridized carbons (Fsp3) is 0.533. The van der Waals surface area contributed by atoms with Gasteiger partial charge >= 0.3 is 0 Å². The maximum absolute atomic E-state index is 11.9. The summed E-state index contributed by atoms with van der Waals surface area (Å²) in [7, 11) is 1.67. The molecule has 3 nitrogen and oxygen atoms in total. The highest BCUT2D eigenvalue weighted by Gasteiger charge is 2.16. The van der Waals surface area contributed by atoms with Crippen LogP contribution in [0.4, 0.5) is 0 Å². The van der Waals surface area contributed by atoms with Crippen molar-refractivity contribution in [1.82, 2.24) is 5.32 Å². The van der Waals surface area contributed by atoms with Gasteiger partial charge in [-0.1, -0.05) is 44.2 Å². The van der Waals surface area contributed by atoms with Crippen LogP contribution in [0.3, 0.4) is 0 Å². The standard InChI is InChI=1S/C15H23NO2/c1-4-12(5-2)15(17)16-11-14(18-3)13-9-7-6-8-10-13/h6-10,12,14H,4-5,11H2,1-3H3,(H,16,17). The van der Waals surface area contributed by atoms with Gasteiger partial charge in [0.2, 0.25) is 5.91 Å². The Bertz CT molecular complexity index is 347. The summed E-state index contributed by atoms with van der Waals surface area (Å²) in [5, 5.41) is 2.97. The molecule has 0 saturated carbocycles. The molecule has 1 unspecified atom stereocenters. The Kier molecular flexibility index (Phi) is 6.44. The van der Waals surface area contributed by atoms with Crippen LogP contribution < -0.4 is 5.32 Å². The number of carbonyl (C=O) groups is 1. The van der Waals surface area contributed by atoms with Crippen molar-refractivity contribution in [2.75, 3.05) is 13.7 Å². The predicted octanol–water partition coefficient (Wildman–Crippen LogP) is 2.93. The van der Waals surface area contributed by atoms with Crippen LogP contribution in [0, 0.1) is 5.92 Å². The third-order valence-corrected chi connectivity index (χ3v) is 3.27. The van der Waals surface area contributed by atoms with Gasteiger partial charge in [0.1, 0.15) is 0 Å². The molecular weight excluding hydrogens is 226 g/mol. The lowest BCUT2D eigenvalue weighted by molar-refractivity contribution is -0.125. The average Bonchev–Trinajstić information content (AvgIpc) is 2.42. The molecule has 1 N–H and O–H groups in total. The Morgan fingerprint density at radius 2 is 1.83 bits per heavy atom. The second-order valence-corrected chi connectivity index (χ2v) is 4.39. The van der Waals surface area contributed by atoms with Gasteiger partial charge in [-0.25, -0.2) is 0 Å². The van der Waals surface area contributed by atoms with Crippen molar-refractivity contribution in [2.45, 2.75) is 32.8 Å². The number of hydrogen-bond donors (Lipinski definition) is 1. The van der Waals surface area contributed by atoms with Gasteiger partial charge in [-0.2, -0.15) is 0 Å². The summed E-state index contributed by atoms with van der Waals surface area (Å²) in [5.74, 6) is 0.233. The van der Waals surface area contributed by atoms with E-state index in [1.54, 1.807) is 7.11 Å². The third-order valence-electron chi connectivity index (χ3n) is 3.27. The van der Waals surface area contributed by atoms with Crippen molar-refractivity contribution >= 4 is 5.91 Å². The van der Waals surface area contributed by atoms with Crippen LogP contribution in [-0.4, -0.2) is 19.6 Å². The van der Waals surface area contributed by atoms with E-state index in [-0.39, 0.29) is 17.9 Å². The van der Waals surface area contributed by atoms with Gasteiger partial charge in [0, 0.05) is 19.6 Å². The van der Waals surface area contributed by atoms with Crippen LogP contribution in [0.15, 0.2) is 30.3 Å². The molecule has 0 fully saturated rings. The molecule has 100 valence electrons. The zero-order chi connectivity index (χ0) is 13.4. The summed E-state index contributed by atoms with van der Waals surface area (Å²) in [4.78, 5) is 11.9. The maximum atomic E-state index is 11.9. The number of ether oxygens (including phenoxy) is 1. The normalized spacial score (nSPS) is 12.4. The minimum absolute atomic E-state index is 0.0792. The SMILES string of the molecule is CCC(CC)C(=O)NCC(OC)c1ccccc1. The van der Waals surface area contributed by atoms with Crippen molar-refractivity contribution in [1.29, 1.82) is 0 Å². The number of carbonyl (C=O) groups excluding carboxylic acids is 1. The van der Waals surface area contributed by atoms with Gasteiger partial charge in [-0.05, 0) is 18.4 Å². The highest BCUT2D eigenvalue weighted by atomic mass is 16.5. The van der Waals surface area contributed by atoms with Crippen molar-refractivity contribution < 1.29 is 9.53 Å². The van der Waals surface area contributed by atoms with E-state index in [1.807, 2.05) is 44.2 Å². The molecule has 1 rings (SSSR count). The lowest BCUT2D eigenvalue weighted by Gasteiger charge is -2.18. The first-order valence-corrected chi connectivity index (χ1v) is 6.58. The molecule has 18 heavy (non-hydrogen) atoms. The molecule has 0 bridgehead atoms. The van der Waals surface area contributed by atoms with Crippen LogP contribution in [0.2, 0.25) is 0 Å². The minimum Gasteiger partial charge on any atom is -0.375 e. The molecule has 1 aromatic carbocycles. The molecule has 0 aliphatic rings. The maximum Gasteiger partial charge on any atom is 0.223 e. The van der Waals surface area contributed by atoms with Crippen molar-refractivity contribution in [2.24, 2.45) is 5.92 Å². The Hall–Kier alpha value is -1.35. The third kappa shape index (κ3) is 4.15. The summed E-state index contributed by atoms with van der Waals surface area (Å²) < 4.78 is 5.42. The molecule has 3 heteroatoms. The fourth-order valence-electron chi connectivity index (χ4n) is 2.00. The van der Waals surface area contributed by atoms with Crippen molar-refractivity contribution in [3.8, 4) is 0 Å². The predicted molar refractivity (Wildman–Crippen MR) is 73.3 cm³/mol. The second kappa shape index (κ2) is 7.88. The number of nitrogens with one attached hydrogen (secondary N) is 1. The quantitative estimate of drug-likeness (QED) is 0.807. The van der Waals surface area contributed by atoms with Crippen molar-refractivity contribution in [3.05, 3.63) is 35.9 Å². The topological polar surface area (TPSA) is 38.3 Å². The molecule has 1 aromatic rings. The molecule has 1 atom stereocenters. The lowest BCUT2D eigenvalue weighted by Crippen LogP contribution is -2.33. The molecule has 1 amide bonds. The number of amides is 1. The Balaban J connectivity index is 2.53. The zero-order valence-corrected chi connectivity index (χ0v) is 11.5. The average molecular weight is 249 g/mol. The number of benzene rings is 1. The smallest absolute Gasteiger partial charge is 0.223 e. The largest absolute Gasteiger partial charge is 0.375 e. The molecule has 0 radical (unpaired) electrons. The number of methoxy groups -OCH3 is 1. The molecule has 0 aromatic heterocycles. The van der Waals surface area contributed by atoms with E-state index in [9.17, 15) is 4.79 Å². The Labute approximate surface area is 110 Å². The van der Waals surface area contributed by atoms with Gasteiger partial charge < -0.3 is 10.1 Å². The van der Waals surface area contributed by atoms with E-state index in [1.165, 1.54) is 0 Å². The highest BCUT2D eigenvalue weighted by molar-refractivity contribution is 5.78. The fourth-order valence-corrected chi connectivity index (χ4v) is 2.00. The Morgan fingerprint density at radius 3 is 2.33 bits per heavy atom. The van der Waals surface area contributed by atoms with Gasteiger partial charge in [-0.3, -0.25) is 4.79 Å². The highest BCUT2D eigenvalue weighted by Crippen LogP contribution is 2.15. The molecule has 0 aliphatic carbocycles. The van der Waals surface area contributed by atoms with Crippen LogP contribution in [0.5, 0.6) is 0 Å². The van der Waals surface area contributed by atoms with E-state index in [2.05, 4.69) is 5.32 Å². The summed E-state index contributed by atoms with van der Waals surface area (Å²) >= 11 is 0. The molecule has 0 spiro atoms. The molecule has 0 aliphatic heterocycles. The van der Waals surface area contributed by atoms with E-state index >= 15 is 0 Å². The van der Waals surface area contributed by atoms with Gasteiger partial charge in [-0.15, -0.1) is 0 Å². The van der Waals surface area contributed by atoms with Crippen LogP contribution in [-0.2, 0) is 9.53 Å². The van der Waals surface area contributed by atoms with Crippen LogP contribution >= 0.6 is 0 Å². The first-order valence-electron chi connectivity index (χ1n) is 6.58. The first-order chi connectivity index (χ1) is 8.72. The molecule has 0 heterocycles. The van der Waals surface area contributed by atoms with E-state index in [0.717, 1.165) is 18.4 Å². The lowest BCUT2D eigenvalue weighted by atomic mass is 10.0. The van der Waals surface area contributed by atoms with E-state index in [4.69, 9.17) is 4.74 Å². The number of rotatable bonds is 7. The summed E-state index contributed by atoms with van der Waals surface area (Å²) in [6.45, 7) is 4.60. The summed E-state index contributed by atoms with van der Waals surface area (Å²) in [6, 6.07) is 9.95. The van der Waals surface area contributed by atoms with Crippen LogP contribution in [0.25, 0.3) is 0 Å².